The summed E-state index contributed by atoms with van der Waals surface area (Å²) in [6, 6.07) is 13.3. The van der Waals surface area contributed by atoms with E-state index in [1.54, 1.807) is 11.0 Å². The molecule has 1 aliphatic carbocycles. The Morgan fingerprint density at radius 2 is 1.84 bits per heavy atom. The van der Waals surface area contributed by atoms with E-state index in [0.29, 0.717) is 25.2 Å². The van der Waals surface area contributed by atoms with Gasteiger partial charge in [-0.15, -0.1) is 0 Å². The summed E-state index contributed by atoms with van der Waals surface area (Å²) in [6.07, 6.45) is 4.09. The maximum absolute atomic E-state index is 13.7. The summed E-state index contributed by atoms with van der Waals surface area (Å²) in [6.45, 7) is 5.18. The number of nitrogens with one attached hydrogen (secondary N) is 1. The number of amides is 2. The van der Waals surface area contributed by atoms with Crippen molar-refractivity contribution in [2.75, 3.05) is 18.4 Å². The minimum Gasteiger partial charge on any atom is -0.334 e. The number of benzene rings is 2. The van der Waals surface area contributed by atoms with Gasteiger partial charge in [0.05, 0.1) is 0 Å². The predicted octanol–water partition coefficient (Wildman–Crippen LogP) is 4.58. The van der Waals surface area contributed by atoms with E-state index in [9.17, 15) is 14.0 Å². The Hall–Kier alpha value is -2.73. The van der Waals surface area contributed by atoms with E-state index in [1.807, 2.05) is 38.1 Å². The molecule has 1 saturated carbocycles. The zero-order valence-corrected chi connectivity index (χ0v) is 18.4. The molecular weight excluding hydrogens is 393 g/mol. The SMILES string of the molecule is CC(C)(CN)CN(Cc1cccc(NC(=O)C2CCCC2)c1)C(=O)c1cccc(F)c1. The fourth-order valence-electron chi connectivity index (χ4n) is 3.98. The van der Waals surface area contributed by atoms with E-state index in [1.165, 1.54) is 18.2 Å². The van der Waals surface area contributed by atoms with Gasteiger partial charge in [-0.1, -0.05) is 44.9 Å². The summed E-state index contributed by atoms with van der Waals surface area (Å²) >= 11 is 0. The Bertz CT molecular complexity index is 922. The smallest absolute Gasteiger partial charge is 0.254 e. The molecule has 3 rings (SSSR count). The van der Waals surface area contributed by atoms with Crippen LogP contribution in [0.25, 0.3) is 0 Å². The first kappa shape index (κ1) is 22.9. The van der Waals surface area contributed by atoms with Crippen LogP contribution < -0.4 is 11.1 Å². The highest BCUT2D eigenvalue weighted by Crippen LogP contribution is 2.26. The van der Waals surface area contributed by atoms with Crippen molar-refractivity contribution < 1.29 is 14.0 Å². The normalized spacial score (nSPS) is 14.5. The van der Waals surface area contributed by atoms with Gasteiger partial charge in [0.2, 0.25) is 5.91 Å². The van der Waals surface area contributed by atoms with Gasteiger partial charge >= 0.3 is 0 Å². The Morgan fingerprint density at radius 3 is 2.52 bits per heavy atom. The highest BCUT2D eigenvalue weighted by atomic mass is 19.1. The number of hydrogen-bond donors (Lipinski definition) is 2. The van der Waals surface area contributed by atoms with Crippen LogP contribution in [0.15, 0.2) is 48.5 Å². The summed E-state index contributed by atoms with van der Waals surface area (Å²) in [5, 5.41) is 3.01. The van der Waals surface area contributed by atoms with Crippen LogP contribution >= 0.6 is 0 Å². The maximum atomic E-state index is 13.7. The third-order valence-electron chi connectivity index (χ3n) is 5.82. The zero-order valence-electron chi connectivity index (χ0n) is 18.4. The lowest BCUT2D eigenvalue weighted by atomic mass is 9.92. The Morgan fingerprint density at radius 1 is 1.13 bits per heavy atom. The van der Waals surface area contributed by atoms with Crippen molar-refractivity contribution in [3.8, 4) is 0 Å². The molecule has 0 bridgehead atoms. The van der Waals surface area contributed by atoms with Gasteiger partial charge in [0.25, 0.3) is 5.91 Å². The van der Waals surface area contributed by atoms with E-state index in [2.05, 4.69) is 5.32 Å². The molecule has 3 N–H and O–H groups in total. The lowest BCUT2D eigenvalue weighted by Gasteiger charge is -2.32. The van der Waals surface area contributed by atoms with E-state index in [0.717, 1.165) is 36.9 Å². The van der Waals surface area contributed by atoms with Crippen molar-refractivity contribution in [1.29, 1.82) is 0 Å². The van der Waals surface area contributed by atoms with Crippen LogP contribution in [-0.2, 0) is 11.3 Å². The number of carbonyl (C=O) groups excluding carboxylic acids is 2. The van der Waals surface area contributed by atoms with E-state index in [-0.39, 0.29) is 23.1 Å². The van der Waals surface area contributed by atoms with Crippen LogP contribution in [0.5, 0.6) is 0 Å². The van der Waals surface area contributed by atoms with Crippen LogP contribution in [0, 0.1) is 17.2 Å². The molecule has 2 aromatic rings. The first-order valence-corrected chi connectivity index (χ1v) is 10.9. The van der Waals surface area contributed by atoms with Crippen molar-refractivity contribution in [3.05, 3.63) is 65.5 Å². The average molecular weight is 426 g/mol. The predicted molar refractivity (Wildman–Crippen MR) is 121 cm³/mol. The highest BCUT2D eigenvalue weighted by Gasteiger charge is 2.26. The largest absolute Gasteiger partial charge is 0.334 e. The molecule has 0 spiro atoms. The molecular formula is C25H32FN3O2. The molecule has 0 unspecified atom stereocenters. The van der Waals surface area contributed by atoms with Crippen LogP contribution in [0.4, 0.5) is 10.1 Å². The Kier molecular flexibility index (Phi) is 7.44. The van der Waals surface area contributed by atoms with Crippen molar-refractivity contribution in [2.24, 2.45) is 17.1 Å². The molecule has 0 saturated heterocycles. The lowest BCUT2D eigenvalue weighted by Crippen LogP contribution is -2.41. The van der Waals surface area contributed by atoms with Crippen molar-refractivity contribution in [3.63, 3.8) is 0 Å². The molecule has 31 heavy (non-hydrogen) atoms. The van der Waals surface area contributed by atoms with Gasteiger partial charge in [-0.2, -0.15) is 0 Å². The molecule has 1 aliphatic rings. The number of halogens is 1. The number of nitrogens with two attached hydrogens (primary N) is 1. The molecule has 0 aliphatic heterocycles. The van der Waals surface area contributed by atoms with Gasteiger partial charge in [-0.05, 0) is 60.7 Å². The lowest BCUT2D eigenvalue weighted by molar-refractivity contribution is -0.119. The van der Waals surface area contributed by atoms with Gasteiger partial charge in [0.15, 0.2) is 0 Å². The molecule has 0 aromatic heterocycles. The topological polar surface area (TPSA) is 75.4 Å². The summed E-state index contributed by atoms with van der Waals surface area (Å²) in [4.78, 5) is 27.3. The second-order valence-electron chi connectivity index (χ2n) is 9.21. The molecule has 2 aromatic carbocycles. The summed E-state index contributed by atoms with van der Waals surface area (Å²) in [7, 11) is 0. The van der Waals surface area contributed by atoms with Crippen LogP contribution in [-0.4, -0.2) is 29.8 Å². The number of rotatable bonds is 8. The molecule has 2 amide bonds. The monoisotopic (exact) mass is 425 g/mol. The molecule has 0 radical (unpaired) electrons. The van der Waals surface area contributed by atoms with E-state index < -0.39 is 5.82 Å². The second-order valence-corrected chi connectivity index (χ2v) is 9.21. The number of carbonyl (C=O) groups is 2. The summed E-state index contributed by atoms with van der Waals surface area (Å²) in [5.41, 5.74) is 7.53. The fraction of sp³-hybridized carbons (Fsp3) is 0.440. The summed E-state index contributed by atoms with van der Waals surface area (Å²) < 4.78 is 13.7. The molecule has 6 heteroatoms. The minimum atomic E-state index is -0.444. The van der Waals surface area contributed by atoms with Crippen LogP contribution in [0.2, 0.25) is 0 Å². The average Bonchev–Trinajstić information content (AvgIpc) is 3.28. The van der Waals surface area contributed by atoms with E-state index in [4.69, 9.17) is 5.73 Å². The number of nitrogens with zero attached hydrogens (tertiary/aromatic N) is 1. The van der Waals surface area contributed by atoms with Crippen LogP contribution in [0.1, 0.15) is 55.5 Å². The fourth-order valence-corrected chi connectivity index (χ4v) is 3.98. The molecule has 1 fully saturated rings. The quantitative estimate of drug-likeness (QED) is 0.650. The summed E-state index contributed by atoms with van der Waals surface area (Å²) in [5.74, 6) is -0.548. The van der Waals surface area contributed by atoms with Gasteiger partial charge < -0.3 is 16.0 Å². The Labute approximate surface area is 183 Å². The van der Waals surface area contributed by atoms with Crippen molar-refractivity contribution >= 4 is 17.5 Å². The molecule has 0 heterocycles. The number of hydrogen-bond acceptors (Lipinski definition) is 3. The molecule has 0 atom stereocenters. The van der Waals surface area contributed by atoms with E-state index >= 15 is 0 Å². The van der Waals surface area contributed by atoms with Crippen LogP contribution in [0.3, 0.4) is 0 Å². The highest BCUT2D eigenvalue weighted by molar-refractivity contribution is 5.94. The van der Waals surface area contributed by atoms with Gasteiger partial charge in [0, 0.05) is 30.3 Å². The molecule has 166 valence electrons. The first-order chi connectivity index (χ1) is 14.8. The molecule has 5 nitrogen and oxygen atoms in total. The van der Waals surface area contributed by atoms with Gasteiger partial charge in [-0.3, -0.25) is 9.59 Å². The first-order valence-electron chi connectivity index (χ1n) is 10.9. The third kappa shape index (κ3) is 6.37. The Balaban J connectivity index is 1.78. The number of anilines is 1. The van der Waals surface area contributed by atoms with Gasteiger partial charge in [-0.25, -0.2) is 4.39 Å². The van der Waals surface area contributed by atoms with Crippen molar-refractivity contribution in [1.82, 2.24) is 4.90 Å². The van der Waals surface area contributed by atoms with Gasteiger partial charge in [0.1, 0.15) is 5.82 Å². The zero-order chi connectivity index (χ0) is 22.4. The van der Waals surface area contributed by atoms with Crippen molar-refractivity contribution in [2.45, 2.75) is 46.1 Å². The minimum absolute atomic E-state index is 0.0617. The second kappa shape index (κ2) is 10.1. The maximum Gasteiger partial charge on any atom is 0.254 e. The standard InChI is InChI=1S/C25H32FN3O2/c1-25(2,16-27)17-29(24(31)20-10-6-11-21(26)14-20)15-18-7-5-12-22(13-18)28-23(30)19-8-3-4-9-19/h5-7,10-14,19H,3-4,8-9,15-17,27H2,1-2H3,(H,28,30). The third-order valence-corrected chi connectivity index (χ3v) is 5.82.